The van der Waals surface area contributed by atoms with Crippen molar-refractivity contribution in [2.24, 2.45) is 0 Å². The summed E-state index contributed by atoms with van der Waals surface area (Å²) >= 11 is 0. The monoisotopic (exact) mass is 427 g/mol. The van der Waals surface area contributed by atoms with Crippen molar-refractivity contribution in [2.45, 2.75) is 58.4 Å². The minimum atomic E-state index is -1.26. The highest BCUT2D eigenvalue weighted by molar-refractivity contribution is 5.85. The second-order valence-electron chi connectivity index (χ2n) is 8.05. The normalized spacial score (nSPS) is 12.9. The molecule has 0 aliphatic rings. The molecule has 2 rings (SSSR count). The van der Waals surface area contributed by atoms with Crippen LogP contribution in [0.2, 0.25) is 0 Å². The predicted molar refractivity (Wildman–Crippen MR) is 115 cm³/mol. The maximum Gasteiger partial charge on any atom is 0.408 e. The molecule has 0 aliphatic heterocycles. The van der Waals surface area contributed by atoms with E-state index in [1.807, 2.05) is 36.4 Å². The first-order valence-electron chi connectivity index (χ1n) is 10.0. The molecule has 1 heterocycles. The zero-order valence-electron chi connectivity index (χ0n) is 18.3. The molecule has 0 aliphatic carbocycles. The third kappa shape index (κ3) is 8.86. The first kappa shape index (κ1) is 23.9. The number of hydrogen-bond donors (Lipinski definition) is 2. The fraction of sp³-hybridized carbons (Fsp3) is 0.391. The Morgan fingerprint density at radius 2 is 1.71 bits per heavy atom. The molecule has 2 amide bonds. The topological polar surface area (TPSA) is 107 Å². The van der Waals surface area contributed by atoms with Gasteiger partial charge in [0.1, 0.15) is 5.60 Å². The van der Waals surface area contributed by atoms with Crippen molar-refractivity contribution < 1.29 is 23.9 Å². The van der Waals surface area contributed by atoms with Gasteiger partial charge in [0.25, 0.3) is 5.91 Å². The molecule has 0 spiro atoms. The maximum atomic E-state index is 13.0. The summed E-state index contributed by atoms with van der Waals surface area (Å²) in [6.45, 7) is 6.67. The molecule has 2 atom stereocenters. The lowest BCUT2D eigenvalue weighted by Gasteiger charge is -2.28. The quantitative estimate of drug-likeness (QED) is 0.628. The molecule has 2 aromatic rings. The highest BCUT2D eigenvalue weighted by Crippen LogP contribution is 2.12. The molecule has 0 saturated carbocycles. The molecule has 166 valence electrons. The van der Waals surface area contributed by atoms with E-state index in [0.717, 1.165) is 11.1 Å². The van der Waals surface area contributed by atoms with Gasteiger partial charge in [0, 0.05) is 25.9 Å². The van der Waals surface area contributed by atoms with Gasteiger partial charge in [0.15, 0.2) is 0 Å². The summed E-state index contributed by atoms with van der Waals surface area (Å²) in [5.41, 5.74) is 0.924. The van der Waals surface area contributed by atoms with E-state index >= 15 is 0 Å². The predicted octanol–water partition coefficient (Wildman–Crippen LogP) is 2.77. The number of hydrogen-bond acceptors (Lipinski definition) is 6. The molecule has 2 unspecified atom stereocenters. The van der Waals surface area contributed by atoms with Gasteiger partial charge < -0.3 is 20.1 Å². The second-order valence-corrected chi connectivity index (χ2v) is 8.05. The number of esters is 1. The van der Waals surface area contributed by atoms with Crippen molar-refractivity contribution in [3.05, 3.63) is 66.0 Å². The van der Waals surface area contributed by atoms with Crippen LogP contribution >= 0.6 is 0 Å². The van der Waals surface area contributed by atoms with Gasteiger partial charge in [-0.25, -0.2) is 4.79 Å². The third-order valence-electron chi connectivity index (χ3n) is 4.11. The summed E-state index contributed by atoms with van der Waals surface area (Å²) in [4.78, 5) is 41.2. The van der Waals surface area contributed by atoms with Gasteiger partial charge in [-0.3, -0.25) is 14.6 Å². The molecular weight excluding hydrogens is 398 g/mol. The Balaban J connectivity index is 2.22. The van der Waals surface area contributed by atoms with E-state index in [1.54, 1.807) is 39.2 Å². The van der Waals surface area contributed by atoms with Crippen molar-refractivity contribution in [1.29, 1.82) is 0 Å². The smallest absolute Gasteiger partial charge is 0.408 e. The number of rotatable bonds is 8. The zero-order chi connectivity index (χ0) is 22.9. The van der Waals surface area contributed by atoms with E-state index in [9.17, 15) is 14.4 Å². The molecule has 0 bridgehead atoms. The van der Waals surface area contributed by atoms with Crippen molar-refractivity contribution in [2.75, 3.05) is 0 Å². The van der Waals surface area contributed by atoms with Crippen molar-refractivity contribution in [3.8, 4) is 0 Å². The number of benzene rings is 1. The van der Waals surface area contributed by atoms with Gasteiger partial charge in [-0.15, -0.1) is 0 Å². The molecular formula is C23H29N3O5. The van der Waals surface area contributed by atoms with E-state index in [2.05, 4.69) is 15.6 Å². The van der Waals surface area contributed by atoms with Crippen LogP contribution in [0.3, 0.4) is 0 Å². The van der Waals surface area contributed by atoms with E-state index in [-0.39, 0.29) is 13.0 Å². The number of carbonyl (C=O) groups excluding carboxylic acids is 3. The molecule has 1 aromatic carbocycles. The number of carbonyl (C=O) groups is 3. The average molecular weight is 428 g/mol. The SMILES string of the molecule is CC(=O)OC(C(=O)NCc1ccccc1)C(Cc1cccnc1)NC(=O)OC(C)(C)C. The fourth-order valence-electron chi connectivity index (χ4n) is 2.85. The summed E-state index contributed by atoms with van der Waals surface area (Å²) in [6.07, 6.45) is 1.49. The number of alkyl carbamates (subject to hydrolysis) is 1. The number of nitrogens with one attached hydrogen (secondary N) is 2. The molecule has 0 saturated heterocycles. The number of ether oxygens (including phenoxy) is 2. The van der Waals surface area contributed by atoms with Gasteiger partial charge in [-0.05, 0) is 44.4 Å². The van der Waals surface area contributed by atoms with Gasteiger partial charge in [0.2, 0.25) is 6.10 Å². The van der Waals surface area contributed by atoms with Crippen LogP contribution in [-0.2, 0) is 32.0 Å². The van der Waals surface area contributed by atoms with Gasteiger partial charge in [-0.1, -0.05) is 36.4 Å². The second kappa shape index (κ2) is 11.1. The summed E-state index contributed by atoms with van der Waals surface area (Å²) in [5.74, 6) is -1.16. The number of pyridine rings is 1. The Kier molecular flexibility index (Phi) is 8.54. The summed E-state index contributed by atoms with van der Waals surface area (Å²) in [5, 5.41) is 5.45. The number of nitrogens with zero attached hydrogens (tertiary/aromatic N) is 1. The molecule has 31 heavy (non-hydrogen) atoms. The summed E-state index contributed by atoms with van der Waals surface area (Å²) < 4.78 is 10.7. The van der Waals surface area contributed by atoms with E-state index in [0.29, 0.717) is 0 Å². The third-order valence-corrected chi connectivity index (χ3v) is 4.11. The van der Waals surface area contributed by atoms with Crippen molar-refractivity contribution in [1.82, 2.24) is 15.6 Å². The lowest BCUT2D eigenvalue weighted by Crippen LogP contribution is -2.54. The van der Waals surface area contributed by atoms with Crippen LogP contribution in [0.4, 0.5) is 4.79 Å². The van der Waals surface area contributed by atoms with Crippen LogP contribution in [0.25, 0.3) is 0 Å². The molecule has 0 fully saturated rings. The Bertz CT molecular complexity index is 866. The Hall–Kier alpha value is -3.42. The minimum absolute atomic E-state index is 0.212. The van der Waals surface area contributed by atoms with E-state index < -0.39 is 35.7 Å². The first-order valence-corrected chi connectivity index (χ1v) is 10.0. The lowest BCUT2D eigenvalue weighted by molar-refractivity contribution is -0.155. The maximum absolute atomic E-state index is 13.0. The van der Waals surface area contributed by atoms with Crippen molar-refractivity contribution in [3.63, 3.8) is 0 Å². The van der Waals surface area contributed by atoms with Gasteiger partial charge in [0.05, 0.1) is 6.04 Å². The number of aromatic nitrogens is 1. The van der Waals surface area contributed by atoms with Crippen LogP contribution in [-0.4, -0.2) is 40.7 Å². The standard InChI is InChI=1S/C23H29N3O5/c1-16(27)30-20(21(28)25-15-17-9-6-5-7-10-17)19(13-18-11-8-12-24-14-18)26-22(29)31-23(2,3)4/h5-12,14,19-20H,13,15H2,1-4H3,(H,25,28)(H,26,29). The van der Waals surface area contributed by atoms with Crippen molar-refractivity contribution >= 4 is 18.0 Å². The summed E-state index contributed by atoms with van der Waals surface area (Å²) in [7, 11) is 0. The van der Waals surface area contributed by atoms with Gasteiger partial charge >= 0.3 is 12.1 Å². The molecule has 8 nitrogen and oxygen atoms in total. The fourth-order valence-corrected chi connectivity index (χ4v) is 2.85. The first-order chi connectivity index (χ1) is 14.6. The van der Waals surface area contributed by atoms with Crippen LogP contribution in [0.1, 0.15) is 38.8 Å². The highest BCUT2D eigenvalue weighted by Gasteiger charge is 2.34. The van der Waals surface area contributed by atoms with Crippen LogP contribution < -0.4 is 10.6 Å². The Morgan fingerprint density at radius 3 is 2.29 bits per heavy atom. The number of amides is 2. The average Bonchev–Trinajstić information content (AvgIpc) is 2.70. The van der Waals surface area contributed by atoms with Crippen LogP contribution in [0.5, 0.6) is 0 Å². The van der Waals surface area contributed by atoms with Crippen LogP contribution in [0.15, 0.2) is 54.9 Å². The van der Waals surface area contributed by atoms with Crippen LogP contribution in [0, 0.1) is 0 Å². The van der Waals surface area contributed by atoms with E-state index in [4.69, 9.17) is 9.47 Å². The lowest BCUT2D eigenvalue weighted by atomic mass is 10.0. The molecule has 8 heteroatoms. The zero-order valence-corrected chi connectivity index (χ0v) is 18.3. The summed E-state index contributed by atoms with van der Waals surface area (Å²) in [6, 6.07) is 12.0. The Morgan fingerprint density at radius 1 is 1.03 bits per heavy atom. The minimum Gasteiger partial charge on any atom is -0.450 e. The van der Waals surface area contributed by atoms with E-state index in [1.165, 1.54) is 6.92 Å². The Labute approximate surface area is 182 Å². The largest absolute Gasteiger partial charge is 0.450 e. The molecule has 2 N–H and O–H groups in total. The highest BCUT2D eigenvalue weighted by atomic mass is 16.6. The van der Waals surface area contributed by atoms with Gasteiger partial charge in [-0.2, -0.15) is 0 Å². The molecule has 1 aromatic heterocycles. The molecule has 0 radical (unpaired) electrons.